The summed E-state index contributed by atoms with van der Waals surface area (Å²) in [6.45, 7) is 23.2. The van der Waals surface area contributed by atoms with Crippen molar-refractivity contribution in [3.63, 3.8) is 0 Å². The number of hydrogen-bond donors (Lipinski definition) is 0. The Morgan fingerprint density at radius 1 is 0.851 bits per heavy atom. The molecule has 3 fully saturated rings. The summed E-state index contributed by atoms with van der Waals surface area (Å²) in [6, 6.07) is 0. The fourth-order valence-electron chi connectivity index (χ4n) is 4.87. The van der Waals surface area contributed by atoms with E-state index >= 15 is 0 Å². The van der Waals surface area contributed by atoms with Crippen LogP contribution in [0.5, 0.6) is 0 Å². The van der Waals surface area contributed by atoms with Crippen LogP contribution in [0, 0.1) is 63.7 Å². The first kappa shape index (κ1) is 38.3. The summed E-state index contributed by atoms with van der Waals surface area (Å²) in [4.78, 5) is 13.9. The molecule has 1 saturated heterocycles. The van der Waals surface area contributed by atoms with E-state index in [9.17, 15) is 0 Å². The van der Waals surface area contributed by atoms with Gasteiger partial charge in [0.25, 0.3) is 0 Å². The molecular weight excluding hydrogens is 666 g/mol. The van der Waals surface area contributed by atoms with Crippen molar-refractivity contribution < 1.29 is 30.7 Å². The predicted octanol–water partition coefficient (Wildman–Crippen LogP) is 6.88. The van der Waals surface area contributed by atoms with Crippen molar-refractivity contribution >= 4 is 27.8 Å². The molecule has 10 radical (unpaired) electrons. The summed E-state index contributed by atoms with van der Waals surface area (Å²) < 4.78 is 24.1. The Balaban J connectivity index is 0.000000762. The molecule has 0 bridgehead atoms. The fourth-order valence-corrected chi connectivity index (χ4v) is 7.24. The van der Waals surface area contributed by atoms with Gasteiger partial charge in [0.05, 0.1) is 30.9 Å². The van der Waals surface area contributed by atoms with Gasteiger partial charge in [-0.2, -0.15) is 4.68 Å². The zero-order valence-corrected chi connectivity index (χ0v) is 32.4. The number of hydrogen-bond acceptors (Lipinski definition) is 8. The first-order chi connectivity index (χ1) is 21.6. The minimum Gasteiger partial charge on any atom is -0.414 e. The van der Waals surface area contributed by atoms with Crippen LogP contribution in [0.2, 0.25) is 36.3 Å². The summed E-state index contributed by atoms with van der Waals surface area (Å²) in [5.74, 6) is 1.59. The third-order valence-electron chi connectivity index (χ3n) is 9.76. The number of fused-ring (bicyclic) bond motifs is 1. The van der Waals surface area contributed by atoms with E-state index in [2.05, 4.69) is 88.0 Å². The van der Waals surface area contributed by atoms with Gasteiger partial charge in [-0.15, -0.1) is 5.10 Å². The molecule has 3 atom stereocenters. The third-order valence-corrected chi connectivity index (χ3v) is 18.8. The molecule has 10 nitrogen and oxygen atoms in total. The van der Waals surface area contributed by atoms with Gasteiger partial charge in [0.1, 0.15) is 18.7 Å². The quantitative estimate of drug-likeness (QED) is 0.233. The first-order valence-electron chi connectivity index (χ1n) is 16.0. The normalized spacial score (nSPS) is 22.8. The van der Waals surface area contributed by atoms with Gasteiger partial charge in [-0.1, -0.05) is 46.8 Å². The van der Waals surface area contributed by atoms with E-state index < -0.39 is 16.6 Å². The summed E-state index contributed by atoms with van der Waals surface area (Å²) >= 11 is 0. The Morgan fingerprint density at radius 2 is 1.47 bits per heavy atom. The molecule has 0 spiro atoms. The van der Waals surface area contributed by atoms with Crippen LogP contribution in [-0.4, -0.2) is 70.0 Å². The van der Waals surface area contributed by atoms with Crippen LogP contribution < -0.4 is 0 Å². The molecule has 252 valence electrons. The SMILES string of the molecule is CC(C)(C)[Si](C)(C)OC[C@H]1O[C@@H](n2cnc3c(-n4nncc4[C]4[CH][CH][CH][CH]4)ncnc32)C[C@@H]1O[Si](C)(C)C(C)(C)C.[CH]1[CH][CH][CH][CH]1.[Fe+2]. The monoisotopic (exact) mass is 715 g/mol. The number of nitrogens with zero attached hydrogens (tertiary/aromatic N) is 7. The third kappa shape index (κ3) is 8.64. The van der Waals surface area contributed by atoms with E-state index in [0.717, 1.165) is 11.6 Å². The van der Waals surface area contributed by atoms with Gasteiger partial charge in [0.15, 0.2) is 33.6 Å². The zero-order chi connectivity index (χ0) is 33.3. The molecule has 0 unspecified atom stereocenters. The maximum absolute atomic E-state index is 6.97. The number of imidazole rings is 1. The zero-order valence-electron chi connectivity index (χ0n) is 29.3. The van der Waals surface area contributed by atoms with Crippen molar-refractivity contribution in [3.05, 3.63) is 88.3 Å². The Hall–Kier alpha value is -1.48. The fraction of sp³-hybridized carbons (Fsp3) is 0.500. The van der Waals surface area contributed by atoms with Crippen LogP contribution in [0.25, 0.3) is 17.0 Å². The van der Waals surface area contributed by atoms with Crippen LogP contribution in [0.15, 0.2) is 18.9 Å². The second-order valence-corrected chi connectivity index (χ2v) is 24.6. The van der Waals surface area contributed by atoms with Crippen LogP contribution in [0.3, 0.4) is 0 Å². The van der Waals surface area contributed by atoms with Gasteiger partial charge in [-0.25, -0.2) is 15.0 Å². The van der Waals surface area contributed by atoms with Crippen molar-refractivity contribution in [3.8, 4) is 5.82 Å². The Morgan fingerprint density at radius 3 is 2.06 bits per heavy atom. The average Bonchev–Trinajstić information content (AvgIpc) is 3.81. The summed E-state index contributed by atoms with van der Waals surface area (Å²) in [5, 5.41) is 8.66. The van der Waals surface area contributed by atoms with E-state index in [-0.39, 0.29) is 45.6 Å². The van der Waals surface area contributed by atoms with Gasteiger partial charge >= 0.3 is 17.1 Å². The minimum atomic E-state index is -2.06. The molecule has 0 aromatic carbocycles. The van der Waals surface area contributed by atoms with Crippen LogP contribution in [0.4, 0.5) is 0 Å². The second-order valence-electron chi connectivity index (χ2n) is 15.0. The summed E-state index contributed by atoms with van der Waals surface area (Å²) in [6.07, 6.45) is 23.2. The summed E-state index contributed by atoms with van der Waals surface area (Å²) in [5.41, 5.74) is 2.16. The van der Waals surface area contributed by atoms with Crippen LogP contribution >= 0.6 is 0 Å². The average molecular weight is 716 g/mol. The van der Waals surface area contributed by atoms with Crippen LogP contribution in [0.1, 0.15) is 59.9 Å². The first-order valence-corrected chi connectivity index (χ1v) is 21.9. The number of ether oxygens (including phenoxy) is 1. The molecule has 3 aliphatic rings. The smallest absolute Gasteiger partial charge is 0.414 e. The number of aromatic nitrogens is 7. The number of rotatable bonds is 8. The van der Waals surface area contributed by atoms with E-state index in [1.807, 2.05) is 62.4 Å². The van der Waals surface area contributed by atoms with Crippen molar-refractivity contribution in [2.24, 2.45) is 0 Å². The standard InChI is InChI=1S/C29H44N7O3Si2.C5H5.Fe/c1-28(2,3)40(7,8)37-17-23-22(39-41(9,10)29(4,5)6)15-24(38-23)35-19-32-25-26(35)30-18-31-27(25)36-21(16-33-34-36)20-13-11-12-14-20;1-2-4-5-3-1;/h11-14,16,18-19,22-24H,15,17H2,1-10H3;1-5H;/q;;+2/t22-,23+,24+;;/m0../s1. The van der Waals surface area contributed by atoms with Crippen molar-refractivity contribution in [1.29, 1.82) is 0 Å². The van der Waals surface area contributed by atoms with E-state index in [1.54, 1.807) is 23.5 Å². The van der Waals surface area contributed by atoms with Crippen molar-refractivity contribution in [2.75, 3.05) is 6.61 Å². The second kappa shape index (κ2) is 15.2. The van der Waals surface area contributed by atoms with E-state index in [4.69, 9.17) is 18.6 Å². The maximum Gasteiger partial charge on any atom is 2.00 e. The minimum absolute atomic E-state index is 0. The molecule has 3 aromatic heterocycles. The molecule has 1 aliphatic heterocycles. The van der Waals surface area contributed by atoms with Gasteiger partial charge in [-0.05, 0) is 94.1 Å². The summed E-state index contributed by atoms with van der Waals surface area (Å²) in [7, 11) is -4.04. The van der Waals surface area contributed by atoms with Crippen molar-refractivity contribution in [2.45, 2.75) is 103 Å². The molecule has 2 saturated carbocycles. The van der Waals surface area contributed by atoms with Gasteiger partial charge in [-0.3, -0.25) is 4.57 Å². The van der Waals surface area contributed by atoms with Gasteiger partial charge < -0.3 is 13.6 Å². The molecule has 0 amide bonds. The Labute approximate surface area is 295 Å². The topological polar surface area (TPSA) is 102 Å². The molecule has 0 N–H and O–H groups in total. The van der Waals surface area contributed by atoms with E-state index in [1.165, 1.54) is 0 Å². The predicted molar refractivity (Wildman–Crippen MR) is 185 cm³/mol. The Bertz CT molecular complexity index is 1430. The largest absolute Gasteiger partial charge is 2.00 e. The molecule has 47 heavy (non-hydrogen) atoms. The maximum atomic E-state index is 6.97. The van der Waals surface area contributed by atoms with Gasteiger partial charge in [0.2, 0.25) is 0 Å². The molecule has 2 aliphatic carbocycles. The Kier molecular flexibility index (Phi) is 12.4. The van der Waals surface area contributed by atoms with Crippen molar-refractivity contribution in [1.82, 2.24) is 34.5 Å². The molecule has 13 heteroatoms. The molecule has 6 rings (SSSR count). The van der Waals surface area contributed by atoms with Crippen LogP contribution in [-0.2, 0) is 30.7 Å². The molecular formula is C34H49FeN7O3Si2+2. The molecule has 4 heterocycles. The molecule has 3 aromatic rings. The van der Waals surface area contributed by atoms with E-state index in [0.29, 0.717) is 30.0 Å². The van der Waals surface area contributed by atoms with Gasteiger partial charge in [0, 0.05) is 12.3 Å².